The zero-order valence-electron chi connectivity index (χ0n) is 16.8. The van der Waals surface area contributed by atoms with Gasteiger partial charge in [-0.05, 0) is 24.6 Å². The molecule has 3 heterocycles. The van der Waals surface area contributed by atoms with Gasteiger partial charge in [-0.1, -0.05) is 18.2 Å². The van der Waals surface area contributed by atoms with Crippen molar-refractivity contribution in [2.75, 3.05) is 45.0 Å². The summed E-state index contributed by atoms with van der Waals surface area (Å²) < 4.78 is 39.1. The average molecular weight is 452 g/mol. The average Bonchev–Trinajstić information content (AvgIpc) is 3.32. The number of hydrogen-bond donors (Lipinski definition) is 0. The predicted octanol–water partition coefficient (Wildman–Crippen LogP) is 2.62. The van der Waals surface area contributed by atoms with Crippen LogP contribution in [0, 0.1) is 5.82 Å². The molecular formula is C21H26FN3O3S2. The Bertz CT molecular complexity index is 1000. The molecule has 162 valence electrons. The molecule has 0 saturated carbocycles. The van der Waals surface area contributed by atoms with E-state index in [1.54, 1.807) is 23.5 Å². The first-order valence-electron chi connectivity index (χ1n) is 10.2. The van der Waals surface area contributed by atoms with Gasteiger partial charge in [0.25, 0.3) is 0 Å². The third kappa shape index (κ3) is 4.91. The maximum atomic E-state index is 14.0. The second-order valence-corrected chi connectivity index (χ2v) is 11.0. The smallest absolute Gasteiger partial charge is 0.223 e. The second-order valence-electron chi connectivity index (χ2n) is 7.72. The van der Waals surface area contributed by atoms with Crippen molar-refractivity contribution in [2.45, 2.75) is 19.4 Å². The summed E-state index contributed by atoms with van der Waals surface area (Å²) in [4.78, 5) is 18.7. The van der Waals surface area contributed by atoms with Crippen LogP contribution in [-0.2, 0) is 21.4 Å². The van der Waals surface area contributed by atoms with Crippen molar-refractivity contribution in [1.29, 1.82) is 0 Å². The lowest BCUT2D eigenvalue weighted by molar-refractivity contribution is -0.133. The molecule has 2 saturated heterocycles. The van der Waals surface area contributed by atoms with Crippen molar-refractivity contribution in [1.82, 2.24) is 14.1 Å². The summed E-state index contributed by atoms with van der Waals surface area (Å²) in [5.41, 5.74) is 0.629. The lowest BCUT2D eigenvalue weighted by Gasteiger charge is -2.34. The van der Waals surface area contributed by atoms with Crippen LogP contribution in [0.15, 0.2) is 36.4 Å². The van der Waals surface area contributed by atoms with Crippen LogP contribution in [0.3, 0.4) is 0 Å². The van der Waals surface area contributed by atoms with Crippen LogP contribution >= 0.6 is 11.3 Å². The molecule has 4 rings (SSSR count). The summed E-state index contributed by atoms with van der Waals surface area (Å²) >= 11 is 1.60. The van der Waals surface area contributed by atoms with Crippen LogP contribution < -0.4 is 0 Å². The fourth-order valence-corrected chi connectivity index (χ4v) is 6.57. The summed E-state index contributed by atoms with van der Waals surface area (Å²) in [5.74, 6) is 0.00997. The second kappa shape index (κ2) is 9.13. The molecule has 0 radical (unpaired) electrons. The Labute approximate surface area is 180 Å². The van der Waals surface area contributed by atoms with E-state index in [2.05, 4.69) is 4.90 Å². The third-order valence-electron chi connectivity index (χ3n) is 5.68. The molecule has 2 aliphatic rings. The lowest BCUT2D eigenvalue weighted by Crippen LogP contribution is -2.48. The van der Waals surface area contributed by atoms with Crippen LogP contribution in [0.25, 0.3) is 10.4 Å². The lowest BCUT2D eigenvalue weighted by atomic mass is 10.2. The van der Waals surface area contributed by atoms with Gasteiger partial charge in [-0.15, -0.1) is 11.3 Å². The quantitative estimate of drug-likeness (QED) is 0.678. The van der Waals surface area contributed by atoms with E-state index in [0.717, 1.165) is 24.5 Å². The topological polar surface area (TPSA) is 60.9 Å². The summed E-state index contributed by atoms with van der Waals surface area (Å²) in [6, 6.07) is 10.8. The van der Waals surface area contributed by atoms with Gasteiger partial charge in [0.1, 0.15) is 5.82 Å². The third-order valence-corrected chi connectivity index (χ3v) is 8.74. The fourth-order valence-electron chi connectivity index (χ4n) is 3.97. The summed E-state index contributed by atoms with van der Waals surface area (Å²) in [5, 5.41) is 0. The molecule has 0 atom stereocenters. The summed E-state index contributed by atoms with van der Waals surface area (Å²) in [7, 11) is -3.15. The highest BCUT2D eigenvalue weighted by molar-refractivity contribution is 7.89. The van der Waals surface area contributed by atoms with Gasteiger partial charge in [-0.3, -0.25) is 9.69 Å². The minimum absolute atomic E-state index is 0.0229. The highest BCUT2D eigenvalue weighted by atomic mass is 32.2. The predicted molar refractivity (Wildman–Crippen MR) is 116 cm³/mol. The molecule has 0 spiro atoms. The number of carbonyl (C=O) groups is 1. The molecule has 1 aromatic carbocycles. The molecule has 2 aromatic rings. The molecule has 0 N–H and O–H groups in total. The monoisotopic (exact) mass is 451 g/mol. The van der Waals surface area contributed by atoms with Crippen molar-refractivity contribution in [3.8, 4) is 10.4 Å². The largest absolute Gasteiger partial charge is 0.340 e. The van der Waals surface area contributed by atoms with Crippen LogP contribution in [0.1, 0.15) is 17.7 Å². The molecule has 1 amide bonds. The minimum atomic E-state index is -3.15. The first-order chi connectivity index (χ1) is 14.4. The van der Waals surface area contributed by atoms with Gasteiger partial charge < -0.3 is 4.90 Å². The number of sulfonamides is 1. The fraction of sp³-hybridized carbons (Fsp3) is 0.476. The molecule has 30 heavy (non-hydrogen) atoms. The molecule has 1 aromatic heterocycles. The Morgan fingerprint density at radius 3 is 2.50 bits per heavy atom. The van der Waals surface area contributed by atoms with Gasteiger partial charge in [-0.25, -0.2) is 17.1 Å². The number of halogens is 1. The van der Waals surface area contributed by atoms with Crippen LogP contribution in [-0.4, -0.2) is 73.5 Å². The van der Waals surface area contributed by atoms with E-state index in [9.17, 15) is 17.6 Å². The number of piperazine rings is 1. The Hall–Kier alpha value is -1.81. The van der Waals surface area contributed by atoms with Crippen LogP contribution in [0.4, 0.5) is 4.39 Å². The Kier molecular flexibility index (Phi) is 6.52. The van der Waals surface area contributed by atoms with Gasteiger partial charge >= 0.3 is 0 Å². The molecular weight excluding hydrogens is 425 g/mol. The standard InChI is InChI=1S/C21H26FN3O3S2/c22-19-5-2-1-4-18(19)20-7-6-17(29-20)16-23-11-13-24(14-12-23)21(26)8-10-25-9-3-15-30(25,27)28/h1-2,4-7H,3,8-16H2. The first-order valence-corrected chi connectivity index (χ1v) is 12.7. The maximum absolute atomic E-state index is 14.0. The molecule has 6 nitrogen and oxygen atoms in total. The minimum Gasteiger partial charge on any atom is -0.340 e. The van der Waals surface area contributed by atoms with Crippen LogP contribution in [0.2, 0.25) is 0 Å². The number of thiophene rings is 1. The van der Waals surface area contributed by atoms with Crippen molar-refractivity contribution < 1.29 is 17.6 Å². The van der Waals surface area contributed by atoms with Gasteiger partial charge in [0.15, 0.2) is 0 Å². The number of nitrogens with zero attached hydrogens (tertiary/aromatic N) is 3. The Morgan fingerprint density at radius 2 is 1.80 bits per heavy atom. The van der Waals surface area contributed by atoms with Crippen molar-refractivity contribution >= 4 is 27.3 Å². The van der Waals surface area contributed by atoms with Crippen molar-refractivity contribution in [3.63, 3.8) is 0 Å². The van der Waals surface area contributed by atoms with E-state index in [0.29, 0.717) is 31.6 Å². The number of hydrogen-bond acceptors (Lipinski definition) is 5. The molecule has 2 aliphatic heterocycles. The highest BCUT2D eigenvalue weighted by Gasteiger charge is 2.29. The summed E-state index contributed by atoms with van der Waals surface area (Å²) in [6.45, 7) is 4.46. The number of rotatable bonds is 6. The van der Waals surface area contributed by atoms with Gasteiger partial charge in [-0.2, -0.15) is 0 Å². The number of carbonyl (C=O) groups excluding carboxylic acids is 1. The zero-order chi connectivity index (χ0) is 21.1. The van der Waals surface area contributed by atoms with Crippen LogP contribution in [0.5, 0.6) is 0 Å². The van der Waals surface area contributed by atoms with Crippen molar-refractivity contribution in [2.24, 2.45) is 0 Å². The SMILES string of the molecule is O=C(CCN1CCCS1(=O)=O)N1CCN(Cc2ccc(-c3ccccc3F)s2)CC1. The van der Waals surface area contributed by atoms with Gasteiger partial charge in [0, 0.05) is 67.6 Å². The first kappa shape index (κ1) is 21.4. The van der Waals surface area contributed by atoms with E-state index in [-0.39, 0.29) is 30.4 Å². The molecule has 0 unspecified atom stereocenters. The molecule has 0 aliphatic carbocycles. The van der Waals surface area contributed by atoms with Crippen molar-refractivity contribution in [3.05, 3.63) is 47.1 Å². The van der Waals surface area contributed by atoms with E-state index < -0.39 is 10.0 Å². The number of benzene rings is 1. The van der Waals surface area contributed by atoms with E-state index in [1.807, 2.05) is 23.1 Å². The Morgan fingerprint density at radius 1 is 1.03 bits per heavy atom. The normalized spacial score (nSPS) is 20.0. The molecule has 2 fully saturated rings. The highest BCUT2D eigenvalue weighted by Crippen LogP contribution is 2.30. The van der Waals surface area contributed by atoms with E-state index in [1.165, 1.54) is 15.2 Å². The van der Waals surface area contributed by atoms with E-state index in [4.69, 9.17) is 0 Å². The molecule has 0 bridgehead atoms. The molecule has 9 heteroatoms. The Balaban J connectivity index is 1.25. The maximum Gasteiger partial charge on any atom is 0.223 e. The summed E-state index contributed by atoms with van der Waals surface area (Å²) in [6.07, 6.45) is 0.896. The van der Waals surface area contributed by atoms with Gasteiger partial charge in [0.05, 0.1) is 5.75 Å². The van der Waals surface area contributed by atoms with Gasteiger partial charge in [0.2, 0.25) is 15.9 Å². The van der Waals surface area contributed by atoms with E-state index >= 15 is 0 Å². The number of amides is 1. The zero-order valence-corrected chi connectivity index (χ0v) is 18.4.